The fourth-order valence-electron chi connectivity index (χ4n) is 7.24. The number of carbonyl (C=O) groups is 12. The first-order valence-electron chi connectivity index (χ1n) is 23.7. The number of benzene rings is 1. The van der Waals surface area contributed by atoms with Crippen LogP contribution in [0, 0.1) is 11.8 Å². The van der Waals surface area contributed by atoms with E-state index in [9.17, 15) is 67.7 Å². The average Bonchev–Trinajstić information content (AvgIpc) is 3.71. The summed E-state index contributed by atoms with van der Waals surface area (Å²) in [5, 5.41) is 42.7. The summed E-state index contributed by atoms with van der Waals surface area (Å²) >= 11 is 0. The van der Waals surface area contributed by atoms with E-state index in [0.29, 0.717) is 5.56 Å². The minimum Gasteiger partial charge on any atom is -0.481 e. The maximum atomic E-state index is 13.7. The predicted molar refractivity (Wildman–Crippen MR) is 265 cm³/mol. The first-order valence-corrected chi connectivity index (χ1v) is 23.7. The number of aliphatic hydroxyl groups is 1. The second kappa shape index (κ2) is 29.7. The van der Waals surface area contributed by atoms with Gasteiger partial charge < -0.3 is 86.0 Å². The highest BCUT2D eigenvalue weighted by molar-refractivity contribution is 6.00. The van der Waals surface area contributed by atoms with Gasteiger partial charge in [-0.1, -0.05) is 45.9 Å². The molecule has 1 aromatic heterocycles. The van der Waals surface area contributed by atoms with E-state index >= 15 is 0 Å². The van der Waals surface area contributed by atoms with Gasteiger partial charge >= 0.3 is 5.97 Å². The summed E-state index contributed by atoms with van der Waals surface area (Å²) in [7, 11) is 0. The van der Waals surface area contributed by atoms with Gasteiger partial charge in [0.2, 0.25) is 65.0 Å². The lowest BCUT2D eigenvalue weighted by Gasteiger charge is -2.29. The van der Waals surface area contributed by atoms with Crippen LogP contribution in [0.2, 0.25) is 0 Å². The number of aromatic amines is 1. The number of amides is 11. The Hall–Kier alpha value is -7.72. The van der Waals surface area contributed by atoms with Crippen molar-refractivity contribution in [1.29, 1.82) is 0 Å². The van der Waals surface area contributed by atoms with Crippen molar-refractivity contribution in [3.05, 3.63) is 36.0 Å². The number of carbonyl (C=O) groups excluding carboxylic acids is 11. The van der Waals surface area contributed by atoms with Gasteiger partial charge in [-0.05, 0) is 50.7 Å². The van der Waals surface area contributed by atoms with Gasteiger partial charge in [-0.2, -0.15) is 0 Å². The van der Waals surface area contributed by atoms with Crippen LogP contribution in [0.25, 0.3) is 10.9 Å². The zero-order valence-electron chi connectivity index (χ0n) is 42.4. The lowest BCUT2D eigenvalue weighted by atomic mass is 10.0. The molecule has 74 heavy (non-hydrogen) atoms. The van der Waals surface area contributed by atoms with Crippen LogP contribution in [0.5, 0.6) is 0 Å². The number of hydrogen-bond acceptors (Lipinski definition) is 15. The lowest BCUT2D eigenvalue weighted by molar-refractivity contribution is -0.141. The molecule has 0 fully saturated rings. The number of carboxylic acids is 1. The second-order valence-electron chi connectivity index (χ2n) is 18.4. The summed E-state index contributed by atoms with van der Waals surface area (Å²) < 4.78 is 0. The normalized spacial score (nSPS) is 15.3. The number of nitrogens with two attached hydrogens (primary N) is 4. The molecule has 1 unspecified atom stereocenters. The Morgan fingerprint density at radius 1 is 0.554 bits per heavy atom. The topological polar surface area (TPSA) is 473 Å². The molecule has 10 atom stereocenters. The number of primary amides is 3. The maximum Gasteiger partial charge on any atom is 0.305 e. The smallest absolute Gasteiger partial charge is 0.305 e. The van der Waals surface area contributed by atoms with Crippen molar-refractivity contribution >= 4 is 81.9 Å². The van der Waals surface area contributed by atoms with Crippen molar-refractivity contribution < 1.29 is 67.7 Å². The summed E-state index contributed by atoms with van der Waals surface area (Å²) in [6.07, 6.45) is -2.15. The molecule has 28 nitrogen and oxygen atoms in total. The van der Waals surface area contributed by atoms with Crippen molar-refractivity contribution in [2.45, 2.75) is 141 Å². The Kier molecular flexibility index (Phi) is 25.1. The Bertz CT molecular complexity index is 2360. The number of hydrogen-bond donors (Lipinski definition) is 16. The Labute approximate surface area is 426 Å². The summed E-state index contributed by atoms with van der Waals surface area (Å²) in [4.78, 5) is 158. The lowest BCUT2D eigenvalue weighted by Crippen LogP contribution is -2.62. The van der Waals surface area contributed by atoms with E-state index in [4.69, 9.17) is 22.9 Å². The molecule has 1 heterocycles. The molecule has 20 N–H and O–H groups in total. The van der Waals surface area contributed by atoms with E-state index < -0.39 is 156 Å². The summed E-state index contributed by atoms with van der Waals surface area (Å²) in [6.45, 7) is 9.97. The Morgan fingerprint density at radius 2 is 1.01 bits per heavy atom. The van der Waals surface area contributed by atoms with E-state index in [2.05, 4.69) is 52.8 Å². The van der Waals surface area contributed by atoms with Gasteiger partial charge in [0.1, 0.15) is 48.3 Å². The molecule has 0 spiro atoms. The molecule has 0 saturated carbocycles. The van der Waals surface area contributed by atoms with Gasteiger partial charge in [0.05, 0.1) is 25.0 Å². The molecule has 28 heteroatoms. The van der Waals surface area contributed by atoms with Gasteiger partial charge in [0, 0.05) is 43.0 Å². The Morgan fingerprint density at radius 3 is 1.51 bits per heavy atom. The number of rotatable bonds is 32. The van der Waals surface area contributed by atoms with Crippen LogP contribution < -0.4 is 70.8 Å². The van der Waals surface area contributed by atoms with Gasteiger partial charge in [0.15, 0.2) is 0 Å². The molecular formula is C46H72N14O14. The molecule has 2 rings (SSSR count). The molecule has 1 aromatic carbocycles. The van der Waals surface area contributed by atoms with Gasteiger partial charge in [0.25, 0.3) is 0 Å². The zero-order chi connectivity index (χ0) is 56.1. The quantitative estimate of drug-likeness (QED) is 0.0325. The van der Waals surface area contributed by atoms with Crippen molar-refractivity contribution in [1.82, 2.24) is 52.8 Å². The number of aliphatic hydroxyl groups excluding tert-OH is 1. The van der Waals surface area contributed by atoms with Crippen LogP contribution in [0.4, 0.5) is 0 Å². The third-order valence-corrected chi connectivity index (χ3v) is 11.4. The van der Waals surface area contributed by atoms with Crippen LogP contribution in [0.1, 0.15) is 79.7 Å². The summed E-state index contributed by atoms with van der Waals surface area (Å²) in [5.41, 5.74) is 23.2. The van der Waals surface area contributed by atoms with Crippen LogP contribution in [0.15, 0.2) is 30.5 Å². The molecule has 0 radical (unpaired) electrons. The maximum absolute atomic E-state index is 13.7. The SMILES string of the molecule is CC(C)[C@@H](NC(=O)[C@H](C)NC(=O)C(NC(=O)[C@@H](CC(N)=O)NC(=O)[C@H](NC(=O)[C@H](CC(=O)O)NC(=O)[C@H](CCC(N)=O)NCCN)C(C)C)[C@H](C)O)C(=O)N[C@@H](C)C(=O)N[C@H](Cc1c[nH]c2ccccc12)C(N)=O. The van der Waals surface area contributed by atoms with E-state index in [1.165, 1.54) is 27.7 Å². The molecule has 0 bridgehead atoms. The molecule has 11 amide bonds. The van der Waals surface area contributed by atoms with Crippen molar-refractivity contribution in [2.24, 2.45) is 34.8 Å². The molecule has 410 valence electrons. The highest BCUT2D eigenvalue weighted by atomic mass is 16.4. The van der Waals surface area contributed by atoms with Crippen LogP contribution in [-0.4, -0.2) is 160 Å². The van der Waals surface area contributed by atoms with Crippen LogP contribution in [-0.2, 0) is 64.0 Å². The van der Waals surface area contributed by atoms with Crippen molar-refractivity contribution in [3.63, 3.8) is 0 Å². The number of nitrogens with one attached hydrogen (secondary N) is 10. The molecule has 0 aliphatic rings. The predicted octanol–water partition coefficient (Wildman–Crippen LogP) is -5.66. The zero-order valence-corrected chi connectivity index (χ0v) is 42.4. The van der Waals surface area contributed by atoms with E-state index in [-0.39, 0.29) is 32.4 Å². The van der Waals surface area contributed by atoms with Gasteiger partial charge in [-0.15, -0.1) is 0 Å². The number of H-pyrrole nitrogens is 1. The Balaban J connectivity index is 2.16. The van der Waals surface area contributed by atoms with E-state index in [1.807, 2.05) is 24.3 Å². The van der Waals surface area contributed by atoms with Crippen LogP contribution in [0.3, 0.4) is 0 Å². The standard InChI is InChI=1S/C46H72N14O14/c1-20(2)35(44(72)53-22(5)39(67)55-29(38(50)66)16-25-19-52-27-11-9-8-10-26(25)27)58-40(68)23(6)54-46(74)37(24(7)61)60-42(70)30(17-33(49)63)57-45(73)36(21(3)4)59-43(71)31(18-34(64)65)56-41(69)28(51-15-14-47)12-13-32(48)62/h8-11,19-24,28-31,35-37,51-52,61H,12-18,47H2,1-7H3,(H2,48,62)(H2,49,63)(H2,50,66)(H,53,72)(H,54,74)(H,55,67)(H,56,69)(H,57,73)(H,58,68)(H,59,71)(H,60,70)(H,64,65)/t22-,23-,24-,28-,29+,30+,31-,35+,36+,37?/m0/s1. The minimum absolute atomic E-state index is 0.0492. The number of aliphatic carboxylic acids is 1. The van der Waals surface area contributed by atoms with Gasteiger partial charge in [-0.25, -0.2) is 0 Å². The largest absolute Gasteiger partial charge is 0.481 e. The molecule has 0 aliphatic carbocycles. The molecule has 0 aliphatic heterocycles. The van der Waals surface area contributed by atoms with Crippen molar-refractivity contribution in [3.8, 4) is 0 Å². The highest BCUT2D eigenvalue weighted by Gasteiger charge is 2.37. The number of carboxylic acid groups (broad SMARTS) is 1. The fourth-order valence-corrected chi connectivity index (χ4v) is 7.24. The fraction of sp³-hybridized carbons (Fsp3) is 0.565. The minimum atomic E-state index is -1.85. The number of fused-ring (bicyclic) bond motifs is 1. The average molecular weight is 1050 g/mol. The number of aromatic nitrogens is 1. The van der Waals surface area contributed by atoms with Crippen LogP contribution >= 0.6 is 0 Å². The molecule has 0 saturated heterocycles. The third-order valence-electron chi connectivity index (χ3n) is 11.4. The third kappa shape index (κ3) is 20.1. The van der Waals surface area contributed by atoms with E-state index in [1.54, 1.807) is 20.0 Å². The highest BCUT2D eigenvalue weighted by Crippen LogP contribution is 2.19. The van der Waals surface area contributed by atoms with E-state index in [0.717, 1.165) is 17.8 Å². The first kappa shape index (κ1) is 62.4. The molecule has 2 aromatic rings. The van der Waals surface area contributed by atoms with Crippen molar-refractivity contribution in [2.75, 3.05) is 13.1 Å². The summed E-state index contributed by atoms with van der Waals surface area (Å²) in [5.74, 6) is -13.5. The first-order chi connectivity index (χ1) is 34.6. The molecular weight excluding hydrogens is 973 g/mol. The van der Waals surface area contributed by atoms with Gasteiger partial charge in [-0.3, -0.25) is 57.5 Å². The monoisotopic (exact) mass is 1040 g/mol. The number of para-hydroxylation sites is 1. The summed E-state index contributed by atoms with van der Waals surface area (Å²) in [6, 6.07) is -5.92. The second-order valence-corrected chi connectivity index (χ2v) is 18.4.